The van der Waals surface area contributed by atoms with Crippen molar-refractivity contribution in [2.24, 2.45) is 0 Å². The van der Waals surface area contributed by atoms with E-state index in [0.29, 0.717) is 12.0 Å². The van der Waals surface area contributed by atoms with Crippen LogP contribution in [0.3, 0.4) is 0 Å². The third-order valence-electron chi connectivity index (χ3n) is 3.41. The number of benzene rings is 1. The van der Waals surface area contributed by atoms with Gasteiger partial charge in [-0.1, -0.05) is 6.07 Å². The Morgan fingerprint density at radius 2 is 1.90 bits per heavy atom. The molecule has 0 atom stereocenters. The Morgan fingerprint density at radius 1 is 1.20 bits per heavy atom. The van der Waals surface area contributed by atoms with Crippen LogP contribution in [0.2, 0.25) is 0 Å². The van der Waals surface area contributed by atoms with Crippen molar-refractivity contribution in [3.63, 3.8) is 0 Å². The Kier molecular flexibility index (Phi) is 4.88. The fourth-order valence-corrected chi connectivity index (χ4v) is 2.30. The summed E-state index contributed by atoms with van der Waals surface area (Å²) < 4.78 is 43.2. The van der Waals surface area contributed by atoms with E-state index in [4.69, 9.17) is 4.74 Å². The Morgan fingerprint density at radius 3 is 2.55 bits per heavy atom. The molecule has 0 radical (unpaired) electrons. The fourth-order valence-electron chi connectivity index (χ4n) is 2.30. The number of hydrogen-bond donors (Lipinski definition) is 1. The van der Waals surface area contributed by atoms with Gasteiger partial charge >= 0.3 is 6.18 Å². The minimum absolute atomic E-state index is 0.570. The number of aryl methyl sites for hydroxylation is 1. The number of morpholine rings is 1. The molecular formula is C14H18F3NO2. The highest BCUT2D eigenvalue weighted by Gasteiger charge is 2.33. The van der Waals surface area contributed by atoms with Crippen LogP contribution in [0, 0.1) is 0 Å². The van der Waals surface area contributed by atoms with Crippen molar-refractivity contribution in [1.29, 1.82) is 0 Å². The zero-order valence-electron chi connectivity index (χ0n) is 11.1. The number of nitrogens with zero attached hydrogens (tertiary/aromatic N) is 1. The molecule has 112 valence electrons. The van der Waals surface area contributed by atoms with Crippen molar-refractivity contribution >= 4 is 0 Å². The van der Waals surface area contributed by atoms with E-state index in [0.717, 1.165) is 51.4 Å². The number of alkyl halides is 3. The fraction of sp³-hybridized carbons (Fsp3) is 0.571. The highest BCUT2D eigenvalue weighted by Crippen LogP contribution is 2.36. The van der Waals surface area contributed by atoms with E-state index in [-0.39, 0.29) is 0 Å². The molecule has 0 bridgehead atoms. The molecule has 6 heteroatoms. The lowest BCUT2D eigenvalue weighted by molar-refractivity contribution is -0.138. The zero-order chi connectivity index (χ0) is 14.6. The number of phenolic OH excluding ortho intramolecular Hbond substituents is 1. The lowest BCUT2D eigenvalue weighted by atomic mass is 10.0. The highest BCUT2D eigenvalue weighted by atomic mass is 19.4. The summed E-state index contributed by atoms with van der Waals surface area (Å²) in [5.41, 5.74) is -0.357. The number of rotatable bonds is 4. The van der Waals surface area contributed by atoms with Crippen LogP contribution in [0.25, 0.3) is 0 Å². The van der Waals surface area contributed by atoms with E-state index in [1.54, 1.807) is 6.07 Å². The molecular weight excluding hydrogens is 271 g/mol. The van der Waals surface area contributed by atoms with Crippen LogP contribution in [0.5, 0.6) is 5.75 Å². The summed E-state index contributed by atoms with van der Waals surface area (Å²) in [5, 5.41) is 9.26. The summed E-state index contributed by atoms with van der Waals surface area (Å²) in [6, 6.07) is 3.70. The maximum atomic E-state index is 12.7. The Labute approximate surface area is 116 Å². The monoisotopic (exact) mass is 289 g/mol. The second kappa shape index (κ2) is 6.45. The van der Waals surface area contributed by atoms with Gasteiger partial charge in [-0.15, -0.1) is 0 Å². The van der Waals surface area contributed by atoms with Gasteiger partial charge in [0.05, 0.1) is 18.8 Å². The molecule has 0 spiro atoms. The van der Waals surface area contributed by atoms with E-state index in [1.807, 2.05) is 0 Å². The van der Waals surface area contributed by atoms with Crippen LogP contribution in [0.1, 0.15) is 17.5 Å². The summed E-state index contributed by atoms with van der Waals surface area (Å²) >= 11 is 0. The molecule has 1 N–H and O–H groups in total. The first-order valence-electron chi connectivity index (χ1n) is 6.66. The van der Waals surface area contributed by atoms with Gasteiger partial charge in [-0.25, -0.2) is 0 Å². The first kappa shape index (κ1) is 15.1. The molecule has 1 aromatic rings. The second-order valence-corrected chi connectivity index (χ2v) is 4.91. The normalized spacial score (nSPS) is 17.4. The van der Waals surface area contributed by atoms with Gasteiger partial charge in [-0.3, -0.25) is 4.90 Å². The van der Waals surface area contributed by atoms with Crippen molar-refractivity contribution in [2.75, 3.05) is 32.8 Å². The molecule has 3 nitrogen and oxygen atoms in total. The molecule has 1 saturated heterocycles. The van der Waals surface area contributed by atoms with Crippen molar-refractivity contribution in [3.8, 4) is 5.75 Å². The van der Waals surface area contributed by atoms with Crippen molar-refractivity contribution in [3.05, 3.63) is 29.3 Å². The van der Waals surface area contributed by atoms with Crippen LogP contribution < -0.4 is 0 Å². The van der Waals surface area contributed by atoms with Crippen LogP contribution >= 0.6 is 0 Å². The van der Waals surface area contributed by atoms with Gasteiger partial charge in [0, 0.05) is 13.1 Å². The summed E-state index contributed by atoms with van der Waals surface area (Å²) in [6.45, 7) is 4.05. The molecule has 0 unspecified atom stereocenters. The van der Waals surface area contributed by atoms with E-state index >= 15 is 0 Å². The molecule has 2 rings (SSSR count). The van der Waals surface area contributed by atoms with Crippen LogP contribution in [0.4, 0.5) is 13.2 Å². The Hall–Kier alpha value is -1.27. The molecule has 1 aliphatic rings. The Balaban J connectivity index is 1.89. The maximum absolute atomic E-state index is 12.7. The minimum atomic E-state index is -4.51. The first-order chi connectivity index (χ1) is 9.47. The third kappa shape index (κ3) is 4.11. The smallest absolute Gasteiger partial charge is 0.419 e. The molecule has 0 aliphatic carbocycles. The summed E-state index contributed by atoms with van der Waals surface area (Å²) in [7, 11) is 0. The van der Waals surface area contributed by atoms with E-state index < -0.39 is 17.5 Å². The van der Waals surface area contributed by atoms with Crippen LogP contribution in [-0.2, 0) is 17.3 Å². The molecule has 0 aromatic heterocycles. The summed E-state index contributed by atoms with van der Waals surface area (Å²) in [5.74, 6) is -0.713. The molecule has 1 aliphatic heterocycles. The minimum Gasteiger partial charge on any atom is -0.507 e. The number of halogens is 3. The maximum Gasteiger partial charge on any atom is 0.419 e. The van der Waals surface area contributed by atoms with Gasteiger partial charge in [-0.2, -0.15) is 13.2 Å². The predicted molar refractivity (Wildman–Crippen MR) is 68.7 cm³/mol. The van der Waals surface area contributed by atoms with Crippen molar-refractivity contribution < 1.29 is 23.0 Å². The second-order valence-electron chi connectivity index (χ2n) is 4.91. The standard InChI is InChI=1S/C14H18F3NO2/c15-14(16,17)12-10-11(3-4-13(12)19)2-1-5-18-6-8-20-9-7-18/h3-4,10,19H,1-2,5-9H2. The Bertz CT molecular complexity index is 443. The lowest BCUT2D eigenvalue weighted by Crippen LogP contribution is -2.36. The number of ether oxygens (including phenoxy) is 1. The van der Waals surface area contributed by atoms with Gasteiger partial charge < -0.3 is 9.84 Å². The highest BCUT2D eigenvalue weighted by molar-refractivity contribution is 5.38. The largest absolute Gasteiger partial charge is 0.507 e. The predicted octanol–water partition coefficient (Wildman–Crippen LogP) is 2.68. The average molecular weight is 289 g/mol. The molecule has 1 heterocycles. The quantitative estimate of drug-likeness (QED) is 0.925. The number of hydrogen-bond acceptors (Lipinski definition) is 3. The van der Waals surface area contributed by atoms with Gasteiger partial charge in [0.25, 0.3) is 0 Å². The first-order valence-corrected chi connectivity index (χ1v) is 6.66. The van der Waals surface area contributed by atoms with E-state index in [9.17, 15) is 18.3 Å². The average Bonchev–Trinajstić information content (AvgIpc) is 2.40. The van der Waals surface area contributed by atoms with Gasteiger partial charge in [0.15, 0.2) is 0 Å². The molecule has 0 amide bonds. The topological polar surface area (TPSA) is 32.7 Å². The number of aromatic hydroxyl groups is 1. The van der Waals surface area contributed by atoms with Crippen molar-refractivity contribution in [2.45, 2.75) is 19.0 Å². The van der Waals surface area contributed by atoms with E-state index in [1.165, 1.54) is 0 Å². The molecule has 20 heavy (non-hydrogen) atoms. The molecule has 1 aromatic carbocycles. The molecule has 1 fully saturated rings. The zero-order valence-corrected chi connectivity index (χ0v) is 11.1. The van der Waals surface area contributed by atoms with Gasteiger partial charge in [-0.05, 0) is 37.1 Å². The third-order valence-corrected chi connectivity index (χ3v) is 3.41. The number of phenols is 1. The van der Waals surface area contributed by atoms with E-state index in [2.05, 4.69) is 4.90 Å². The van der Waals surface area contributed by atoms with Gasteiger partial charge in [0.2, 0.25) is 0 Å². The lowest BCUT2D eigenvalue weighted by Gasteiger charge is -2.26. The SMILES string of the molecule is Oc1ccc(CCCN2CCOCC2)cc1C(F)(F)F. The van der Waals surface area contributed by atoms with Gasteiger partial charge in [0.1, 0.15) is 5.75 Å². The molecule has 0 saturated carbocycles. The summed E-state index contributed by atoms with van der Waals surface area (Å²) in [4.78, 5) is 2.24. The summed E-state index contributed by atoms with van der Waals surface area (Å²) in [6.07, 6.45) is -3.15. The van der Waals surface area contributed by atoms with Crippen LogP contribution in [0.15, 0.2) is 18.2 Å². The van der Waals surface area contributed by atoms with Crippen LogP contribution in [-0.4, -0.2) is 42.9 Å². The van der Waals surface area contributed by atoms with Crippen molar-refractivity contribution in [1.82, 2.24) is 4.90 Å².